The molecule has 0 unspecified atom stereocenters. The van der Waals surface area contributed by atoms with Crippen LogP contribution in [0.1, 0.15) is 33.3 Å². The molecule has 7 heteroatoms. The molecule has 1 aliphatic rings. The molecule has 1 aliphatic heterocycles. The van der Waals surface area contributed by atoms with Crippen LogP contribution in [0.3, 0.4) is 0 Å². The molecule has 32 heavy (non-hydrogen) atoms. The molecule has 0 bridgehead atoms. The fourth-order valence-corrected chi connectivity index (χ4v) is 5.19. The highest BCUT2D eigenvalue weighted by atomic mass is 32.1. The van der Waals surface area contributed by atoms with Gasteiger partial charge < -0.3 is 4.42 Å². The minimum absolute atomic E-state index is 0.0183. The Morgan fingerprint density at radius 1 is 1.03 bits per heavy atom. The summed E-state index contributed by atoms with van der Waals surface area (Å²) in [6.45, 7) is 1.97. The normalized spacial score (nSPS) is 15.6. The van der Waals surface area contributed by atoms with Crippen LogP contribution in [0.5, 0.6) is 0 Å². The summed E-state index contributed by atoms with van der Waals surface area (Å²) in [4.78, 5) is 33.1. The summed E-state index contributed by atoms with van der Waals surface area (Å²) >= 11 is 1.21. The van der Waals surface area contributed by atoms with Gasteiger partial charge in [0.15, 0.2) is 10.6 Å². The largest absolute Gasteiger partial charge is 0.450 e. The molecular weight excluding hydrogens is 427 g/mol. The Hall–Kier alpha value is -3.84. The number of halogens is 1. The third-order valence-corrected chi connectivity index (χ3v) is 6.73. The van der Waals surface area contributed by atoms with Crippen LogP contribution >= 0.6 is 11.3 Å². The van der Waals surface area contributed by atoms with Gasteiger partial charge in [0.1, 0.15) is 11.4 Å². The second-order valence-electron chi connectivity index (χ2n) is 7.77. The van der Waals surface area contributed by atoms with Gasteiger partial charge in [0, 0.05) is 0 Å². The Balaban J connectivity index is 1.64. The summed E-state index contributed by atoms with van der Waals surface area (Å²) < 4.78 is 20.3. The molecule has 2 aromatic heterocycles. The van der Waals surface area contributed by atoms with Crippen LogP contribution in [0.4, 0.5) is 9.52 Å². The average Bonchev–Trinajstić information content (AvgIpc) is 3.33. The molecule has 1 amide bonds. The van der Waals surface area contributed by atoms with E-state index in [1.54, 1.807) is 30.3 Å². The van der Waals surface area contributed by atoms with Crippen molar-refractivity contribution in [1.82, 2.24) is 4.98 Å². The molecule has 5 nitrogen and oxygen atoms in total. The molecule has 5 aromatic rings. The highest BCUT2D eigenvalue weighted by Crippen LogP contribution is 2.43. The van der Waals surface area contributed by atoms with E-state index in [1.807, 2.05) is 31.2 Å². The lowest BCUT2D eigenvalue weighted by Gasteiger charge is -2.22. The van der Waals surface area contributed by atoms with Crippen molar-refractivity contribution in [2.24, 2.45) is 0 Å². The van der Waals surface area contributed by atoms with Gasteiger partial charge in [0.05, 0.1) is 27.2 Å². The number of carbonyl (C=O) groups is 1. The van der Waals surface area contributed by atoms with Crippen molar-refractivity contribution in [1.29, 1.82) is 0 Å². The molecule has 0 saturated heterocycles. The SMILES string of the molecule is Cc1ccc([C@@H]2c3c(oc4ccccc4c3=O)C(=O)N2c2nc3ccc(F)cc3s2)cc1. The van der Waals surface area contributed by atoms with Crippen molar-refractivity contribution in [3.05, 3.63) is 105 Å². The van der Waals surface area contributed by atoms with Crippen molar-refractivity contribution in [2.45, 2.75) is 13.0 Å². The number of nitrogens with zero attached hydrogens (tertiary/aromatic N) is 2. The number of fused-ring (bicyclic) bond motifs is 3. The predicted molar refractivity (Wildman–Crippen MR) is 122 cm³/mol. The molecule has 3 heterocycles. The highest BCUT2D eigenvalue weighted by Gasteiger charge is 2.44. The first-order valence-corrected chi connectivity index (χ1v) is 10.8. The zero-order chi connectivity index (χ0) is 22.0. The van der Waals surface area contributed by atoms with E-state index in [9.17, 15) is 14.0 Å². The smallest absolute Gasteiger partial charge is 0.297 e. The van der Waals surface area contributed by atoms with Crippen molar-refractivity contribution < 1.29 is 13.6 Å². The Morgan fingerprint density at radius 2 is 1.81 bits per heavy atom. The van der Waals surface area contributed by atoms with Crippen molar-refractivity contribution in [3.8, 4) is 0 Å². The number of hydrogen-bond donors (Lipinski definition) is 0. The number of carbonyl (C=O) groups excluding carboxylic acids is 1. The summed E-state index contributed by atoms with van der Waals surface area (Å²) in [5, 5.41) is 0.806. The maximum Gasteiger partial charge on any atom is 0.297 e. The molecule has 1 atom stereocenters. The predicted octanol–water partition coefficient (Wildman–Crippen LogP) is 5.60. The van der Waals surface area contributed by atoms with Crippen LogP contribution in [-0.4, -0.2) is 10.9 Å². The zero-order valence-corrected chi connectivity index (χ0v) is 17.7. The summed E-state index contributed by atoms with van der Waals surface area (Å²) in [7, 11) is 0. The van der Waals surface area contributed by atoms with Crippen LogP contribution in [0.25, 0.3) is 21.2 Å². The summed E-state index contributed by atoms with van der Waals surface area (Å²) in [5.74, 6) is -0.792. The topological polar surface area (TPSA) is 63.4 Å². The van der Waals surface area contributed by atoms with Gasteiger partial charge in [-0.2, -0.15) is 0 Å². The molecule has 6 rings (SSSR count). The van der Waals surface area contributed by atoms with Crippen molar-refractivity contribution >= 4 is 43.6 Å². The van der Waals surface area contributed by atoms with Crippen LogP contribution < -0.4 is 10.3 Å². The van der Waals surface area contributed by atoms with E-state index < -0.39 is 11.9 Å². The number of aryl methyl sites for hydroxylation is 1. The van der Waals surface area contributed by atoms with Crippen molar-refractivity contribution in [2.75, 3.05) is 4.90 Å². The van der Waals surface area contributed by atoms with E-state index in [0.717, 1.165) is 11.1 Å². The Labute approximate surface area is 185 Å². The fourth-order valence-electron chi connectivity index (χ4n) is 4.17. The van der Waals surface area contributed by atoms with Crippen LogP contribution in [-0.2, 0) is 0 Å². The fraction of sp³-hybridized carbons (Fsp3) is 0.0800. The monoisotopic (exact) mass is 442 g/mol. The van der Waals surface area contributed by atoms with E-state index in [1.165, 1.54) is 28.4 Å². The van der Waals surface area contributed by atoms with Gasteiger partial charge in [-0.05, 0) is 42.8 Å². The van der Waals surface area contributed by atoms with E-state index in [4.69, 9.17) is 4.42 Å². The molecule has 0 saturated carbocycles. The summed E-state index contributed by atoms with van der Waals surface area (Å²) in [6, 6.07) is 18.2. The standard InChI is InChI=1S/C25H15FN2O3S/c1-13-6-8-14(9-7-13)21-20-22(29)16-4-2-3-5-18(16)31-23(20)24(30)28(21)25-27-17-11-10-15(26)12-19(17)32-25/h2-12,21H,1H3/t21-/m1/s1. The van der Waals surface area contributed by atoms with E-state index in [0.29, 0.717) is 31.9 Å². The second kappa shape index (κ2) is 6.83. The second-order valence-corrected chi connectivity index (χ2v) is 8.78. The average molecular weight is 442 g/mol. The number of thiazole rings is 1. The minimum Gasteiger partial charge on any atom is -0.450 e. The number of amides is 1. The molecular formula is C25H15FN2O3S. The van der Waals surface area contributed by atoms with E-state index >= 15 is 0 Å². The lowest BCUT2D eigenvalue weighted by atomic mass is 9.98. The number of para-hydroxylation sites is 1. The van der Waals surface area contributed by atoms with Gasteiger partial charge in [0.25, 0.3) is 5.91 Å². The zero-order valence-electron chi connectivity index (χ0n) is 16.8. The highest BCUT2D eigenvalue weighted by molar-refractivity contribution is 7.22. The minimum atomic E-state index is -0.690. The first-order valence-electron chi connectivity index (χ1n) is 10.0. The number of benzene rings is 3. The van der Waals surface area contributed by atoms with Gasteiger partial charge >= 0.3 is 0 Å². The Bertz CT molecular complexity index is 1600. The molecule has 156 valence electrons. The van der Waals surface area contributed by atoms with Gasteiger partial charge in [-0.25, -0.2) is 9.37 Å². The van der Waals surface area contributed by atoms with Gasteiger partial charge in [-0.15, -0.1) is 0 Å². The maximum absolute atomic E-state index is 13.7. The molecule has 0 fully saturated rings. The molecule has 3 aromatic carbocycles. The number of anilines is 1. The Kier molecular flexibility index (Phi) is 4.03. The molecule has 0 aliphatic carbocycles. The van der Waals surface area contributed by atoms with Gasteiger partial charge in [-0.1, -0.05) is 53.3 Å². The molecule has 0 radical (unpaired) electrons. The number of aromatic nitrogens is 1. The first kappa shape index (κ1) is 18.9. The lowest BCUT2D eigenvalue weighted by molar-refractivity contribution is 0.0971. The number of rotatable bonds is 2. The van der Waals surface area contributed by atoms with Crippen molar-refractivity contribution in [3.63, 3.8) is 0 Å². The lowest BCUT2D eigenvalue weighted by Crippen LogP contribution is -2.29. The summed E-state index contributed by atoms with van der Waals surface area (Å²) in [6.07, 6.45) is 0. The molecule has 0 spiro atoms. The van der Waals surface area contributed by atoms with Crippen LogP contribution in [0, 0.1) is 12.7 Å². The first-order chi connectivity index (χ1) is 15.5. The third-order valence-electron chi connectivity index (χ3n) is 5.72. The van der Waals surface area contributed by atoms with Crippen LogP contribution in [0.2, 0.25) is 0 Å². The number of hydrogen-bond acceptors (Lipinski definition) is 5. The van der Waals surface area contributed by atoms with Crippen LogP contribution in [0.15, 0.2) is 75.9 Å². The van der Waals surface area contributed by atoms with Gasteiger partial charge in [0.2, 0.25) is 5.76 Å². The maximum atomic E-state index is 13.7. The summed E-state index contributed by atoms with van der Waals surface area (Å²) in [5.41, 5.74) is 2.84. The third kappa shape index (κ3) is 2.71. The van der Waals surface area contributed by atoms with Gasteiger partial charge in [-0.3, -0.25) is 14.5 Å². The van der Waals surface area contributed by atoms with E-state index in [2.05, 4.69) is 4.98 Å². The Morgan fingerprint density at radius 3 is 2.62 bits per heavy atom. The molecule has 0 N–H and O–H groups in total. The van der Waals surface area contributed by atoms with E-state index in [-0.39, 0.29) is 17.0 Å². The quantitative estimate of drug-likeness (QED) is 0.357.